The molecule has 0 saturated carbocycles. The van der Waals surface area contributed by atoms with Crippen LogP contribution >= 0.6 is 0 Å². The Labute approximate surface area is 92.1 Å². The monoisotopic (exact) mass is 210 g/mol. The fourth-order valence-electron chi connectivity index (χ4n) is 1.62. The Bertz CT molecular complexity index is 296. The maximum atomic E-state index is 9.00. The average molecular weight is 210 g/mol. The molecule has 0 aliphatic carbocycles. The first-order chi connectivity index (χ1) is 7.11. The normalized spacial score (nSPS) is 15.2. The third-order valence-corrected chi connectivity index (χ3v) is 3.19. The van der Waals surface area contributed by atoms with Crippen molar-refractivity contribution in [2.24, 2.45) is 7.05 Å². The largest absolute Gasteiger partial charge is 0.396 e. The Hall–Kier alpha value is -0.800. The number of aromatic nitrogens is 1. The molecule has 0 bridgehead atoms. The predicted octanol–water partition coefficient (Wildman–Crippen LogP) is 1.67. The van der Waals surface area contributed by atoms with Gasteiger partial charge < -0.3 is 15.0 Å². The molecule has 86 valence electrons. The first-order valence-electron chi connectivity index (χ1n) is 5.57. The van der Waals surface area contributed by atoms with E-state index in [1.54, 1.807) is 0 Å². The fraction of sp³-hybridized carbons (Fsp3) is 0.667. The van der Waals surface area contributed by atoms with E-state index in [0.29, 0.717) is 0 Å². The van der Waals surface area contributed by atoms with Gasteiger partial charge in [-0.15, -0.1) is 0 Å². The van der Waals surface area contributed by atoms with Crippen LogP contribution in [0.5, 0.6) is 0 Å². The maximum Gasteiger partial charge on any atom is 0.0448 e. The van der Waals surface area contributed by atoms with Gasteiger partial charge in [0.25, 0.3) is 0 Å². The van der Waals surface area contributed by atoms with E-state index in [1.165, 1.54) is 5.69 Å². The van der Waals surface area contributed by atoms with Gasteiger partial charge in [0.05, 0.1) is 0 Å². The Kier molecular flexibility index (Phi) is 4.36. The summed E-state index contributed by atoms with van der Waals surface area (Å²) >= 11 is 0. The fourth-order valence-corrected chi connectivity index (χ4v) is 1.62. The van der Waals surface area contributed by atoms with Gasteiger partial charge in [-0.05, 0) is 31.9 Å². The summed E-state index contributed by atoms with van der Waals surface area (Å²) in [6, 6.07) is 4.16. The Morgan fingerprint density at radius 1 is 1.53 bits per heavy atom. The smallest absolute Gasteiger partial charge is 0.0448 e. The number of hydrogen-bond donors (Lipinski definition) is 2. The van der Waals surface area contributed by atoms with Gasteiger partial charge in [0.15, 0.2) is 0 Å². The van der Waals surface area contributed by atoms with Crippen molar-refractivity contribution in [1.82, 2.24) is 9.88 Å². The van der Waals surface area contributed by atoms with Crippen molar-refractivity contribution in [1.29, 1.82) is 0 Å². The average Bonchev–Trinajstić information content (AvgIpc) is 2.62. The van der Waals surface area contributed by atoms with Crippen LogP contribution in [0.3, 0.4) is 0 Å². The molecule has 0 aliphatic rings. The standard InChI is InChI=1S/C12H22N2O/c1-4-12(2,7-9-15)13-10-11-6-5-8-14(11)3/h5-6,8,13,15H,4,7,9-10H2,1-3H3. The molecule has 2 N–H and O–H groups in total. The molecule has 0 radical (unpaired) electrons. The van der Waals surface area contributed by atoms with E-state index in [9.17, 15) is 0 Å². The number of aliphatic hydroxyl groups is 1. The number of nitrogens with zero attached hydrogens (tertiary/aromatic N) is 1. The second-order valence-electron chi connectivity index (χ2n) is 4.35. The van der Waals surface area contributed by atoms with E-state index in [0.717, 1.165) is 19.4 Å². The maximum absolute atomic E-state index is 9.00. The first kappa shape index (κ1) is 12.3. The second kappa shape index (κ2) is 5.33. The van der Waals surface area contributed by atoms with Gasteiger partial charge in [0, 0.05) is 37.6 Å². The van der Waals surface area contributed by atoms with Gasteiger partial charge in [0.1, 0.15) is 0 Å². The van der Waals surface area contributed by atoms with Crippen molar-refractivity contribution in [3.63, 3.8) is 0 Å². The van der Waals surface area contributed by atoms with E-state index in [2.05, 4.69) is 29.8 Å². The molecular weight excluding hydrogens is 188 g/mol. The zero-order valence-electron chi connectivity index (χ0n) is 9.95. The molecule has 1 heterocycles. The minimum absolute atomic E-state index is 0.0407. The molecule has 0 fully saturated rings. The zero-order valence-corrected chi connectivity index (χ0v) is 9.95. The second-order valence-corrected chi connectivity index (χ2v) is 4.35. The molecule has 1 atom stereocenters. The molecule has 3 heteroatoms. The summed E-state index contributed by atoms with van der Waals surface area (Å²) in [6.45, 7) is 5.40. The number of aryl methyl sites for hydroxylation is 1. The summed E-state index contributed by atoms with van der Waals surface area (Å²) in [4.78, 5) is 0. The van der Waals surface area contributed by atoms with Crippen LogP contribution < -0.4 is 5.32 Å². The molecule has 15 heavy (non-hydrogen) atoms. The molecule has 0 aromatic carbocycles. The predicted molar refractivity (Wildman–Crippen MR) is 62.7 cm³/mol. The van der Waals surface area contributed by atoms with Crippen LogP contribution in [-0.4, -0.2) is 21.8 Å². The third-order valence-electron chi connectivity index (χ3n) is 3.19. The Morgan fingerprint density at radius 3 is 2.73 bits per heavy atom. The third kappa shape index (κ3) is 3.36. The number of nitrogens with one attached hydrogen (secondary N) is 1. The Morgan fingerprint density at radius 2 is 2.27 bits per heavy atom. The molecule has 0 amide bonds. The summed E-state index contributed by atoms with van der Waals surface area (Å²) in [5.41, 5.74) is 1.31. The van der Waals surface area contributed by atoms with Gasteiger partial charge in [-0.3, -0.25) is 0 Å². The van der Waals surface area contributed by atoms with Crippen LogP contribution in [0, 0.1) is 0 Å². The van der Waals surface area contributed by atoms with Crippen LogP contribution in [0.15, 0.2) is 18.3 Å². The highest BCUT2D eigenvalue weighted by molar-refractivity contribution is 5.06. The highest BCUT2D eigenvalue weighted by atomic mass is 16.3. The topological polar surface area (TPSA) is 37.2 Å². The van der Waals surface area contributed by atoms with Crippen molar-refractivity contribution in [2.45, 2.75) is 38.8 Å². The molecule has 1 unspecified atom stereocenters. The highest BCUT2D eigenvalue weighted by Gasteiger charge is 2.20. The molecule has 0 spiro atoms. The van der Waals surface area contributed by atoms with Gasteiger partial charge in [-0.2, -0.15) is 0 Å². The lowest BCUT2D eigenvalue weighted by Crippen LogP contribution is -2.42. The van der Waals surface area contributed by atoms with E-state index < -0.39 is 0 Å². The van der Waals surface area contributed by atoms with E-state index in [4.69, 9.17) is 5.11 Å². The van der Waals surface area contributed by atoms with Crippen molar-refractivity contribution in [2.75, 3.05) is 6.61 Å². The number of rotatable bonds is 6. The highest BCUT2D eigenvalue weighted by Crippen LogP contribution is 2.14. The zero-order chi connectivity index (χ0) is 11.3. The minimum Gasteiger partial charge on any atom is -0.396 e. The van der Waals surface area contributed by atoms with Crippen LogP contribution in [0.25, 0.3) is 0 Å². The lowest BCUT2D eigenvalue weighted by Gasteiger charge is -2.29. The lowest BCUT2D eigenvalue weighted by molar-refractivity contribution is 0.214. The van der Waals surface area contributed by atoms with Crippen LogP contribution in [0.4, 0.5) is 0 Å². The van der Waals surface area contributed by atoms with Crippen LogP contribution in [0.2, 0.25) is 0 Å². The van der Waals surface area contributed by atoms with E-state index in [-0.39, 0.29) is 12.1 Å². The number of hydrogen-bond acceptors (Lipinski definition) is 2. The quantitative estimate of drug-likeness (QED) is 0.749. The summed E-state index contributed by atoms with van der Waals surface area (Å²) in [5, 5.41) is 12.5. The van der Waals surface area contributed by atoms with Crippen molar-refractivity contribution < 1.29 is 5.11 Å². The van der Waals surface area contributed by atoms with Gasteiger partial charge in [-0.1, -0.05) is 6.92 Å². The molecule has 1 rings (SSSR count). The van der Waals surface area contributed by atoms with Crippen molar-refractivity contribution in [3.8, 4) is 0 Å². The molecule has 0 saturated heterocycles. The summed E-state index contributed by atoms with van der Waals surface area (Å²) in [7, 11) is 2.05. The summed E-state index contributed by atoms with van der Waals surface area (Å²) in [6.07, 6.45) is 3.87. The molecule has 0 aliphatic heterocycles. The van der Waals surface area contributed by atoms with Crippen molar-refractivity contribution in [3.05, 3.63) is 24.0 Å². The summed E-state index contributed by atoms with van der Waals surface area (Å²) < 4.78 is 2.11. The van der Waals surface area contributed by atoms with E-state index in [1.807, 2.05) is 19.3 Å². The number of aliphatic hydroxyl groups excluding tert-OH is 1. The first-order valence-corrected chi connectivity index (χ1v) is 5.57. The van der Waals surface area contributed by atoms with Gasteiger partial charge in [0.2, 0.25) is 0 Å². The van der Waals surface area contributed by atoms with Crippen LogP contribution in [0.1, 0.15) is 32.4 Å². The SMILES string of the molecule is CCC(C)(CCO)NCc1cccn1C. The molecule has 3 nitrogen and oxygen atoms in total. The molecular formula is C12H22N2O. The Balaban J connectivity index is 2.51. The van der Waals surface area contributed by atoms with Gasteiger partial charge >= 0.3 is 0 Å². The van der Waals surface area contributed by atoms with Crippen LogP contribution in [-0.2, 0) is 13.6 Å². The van der Waals surface area contributed by atoms with E-state index >= 15 is 0 Å². The minimum atomic E-state index is 0.0407. The van der Waals surface area contributed by atoms with Crippen molar-refractivity contribution >= 4 is 0 Å². The molecule has 1 aromatic rings. The summed E-state index contributed by atoms with van der Waals surface area (Å²) in [5.74, 6) is 0. The lowest BCUT2D eigenvalue weighted by atomic mass is 9.95. The molecule has 1 aromatic heterocycles. The van der Waals surface area contributed by atoms with Gasteiger partial charge in [-0.25, -0.2) is 0 Å².